The number of carbonyl (C=O) groups excluding carboxylic acids is 1. The van der Waals surface area contributed by atoms with E-state index in [1.165, 1.54) is 12.8 Å². The molecule has 0 radical (unpaired) electrons. The van der Waals surface area contributed by atoms with E-state index >= 15 is 0 Å². The van der Waals surface area contributed by atoms with Crippen molar-refractivity contribution in [2.75, 3.05) is 19.8 Å². The minimum atomic E-state index is -0.428. The number of hydrogen-bond acceptors (Lipinski definition) is 4. The molecular weight excluding hydrogens is 218 g/mol. The standard InChI is InChI=1S/C13H27NO3/c1-13(2,3)17-12(15)11-16-10-8-6-4-5-7-9-14/h4-11,14H2,1-3H3. The van der Waals surface area contributed by atoms with E-state index in [2.05, 4.69) is 0 Å². The smallest absolute Gasteiger partial charge is 0.332 e. The maximum atomic E-state index is 11.3. The molecule has 0 spiro atoms. The van der Waals surface area contributed by atoms with Gasteiger partial charge in [0.25, 0.3) is 0 Å². The number of esters is 1. The van der Waals surface area contributed by atoms with Gasteiger partial charge in [0.1, 0.15) is 12.2 Å². The molecule has 0 unspecified atom stereocenters. The van der Waals surface area contributed by atoms with E-state index in [9.17, 15) is 4.79 Å². The highest BCUT2D eigenvalue weighted by Crippen LogP contribution is 2.07. The molecule has 0 saturated heterocycles. The van der Waals surface area contributed by atoms with Crippen LogP contribution in [0.25, 0.3) is 0 Å². The summed E-state index contributed by atoms with van der Waals surface area (Å²) in [5, 5.41) is 0. The monoisotopic (exact) mass is 245 g/mol. The van der Waals surface area contributed by atoms with Gasteiger partial charge >= 0.3 is 5.97 Å². The van der Waals surface area contributed by atoms with Gasteiger partial charge in [0.15, 0.2) is 0 Å². The molecule has 0 bridgehead atoms. The normalized spacial score (nSPS) is 11.5. The molecule has 102 valence electrons. The number of hydrogen-bond donors (Lipinski definition) is 1. The first-order chi connectivity index (χ1) is 7.95. The van der Waals surface area contributed by atoms with Gasteiger partial charge in [-0.3, -0.25) is 0 Å². The summed E-state index contributed by atoms with van der Waals surface area (Å²) < 4.78 is 10.4. The predicted molar refractivity (Wildman–Crippen MR) is 68.8 cm³/mol. The first-order valence-corrected chi connectivity index (χ1v) is 6.45. The van der Waals surface area contributed by atoms with Crippen LogP contribution in [0.1, 0.15) is 52.9 Å². The lowest BCUT2D eigenvalue weighted by Crippen LogP contribution is -2.26. The van der Waals surface area contributed by atoms with Crippen LogP contribution in [0, 0.1) is 0 Å². The van der Waals surface area contributed by atoms with Crippen LogP contribution in [0.2, 0.25) is 0 Å². The molecule has 0 amide bonds. The van der Waals surface area contributed by atoms with Gasteiger partial charge in [-0.05, 0) is 40.2 Å². The largest absolute Gasteiger partial charge is 0.458 e. The zero-order valence-electron chi connectivity index (χ0n) is 11.5. The van der Waals surface area contributed by atoms with Crippen molar-refractivity contribution < 1.29 is 14.3 Å². The quantitative estimate of drug-likeness (QED) is 0.500. The van der Waals surface area contributed by atoms with Crippen molar-refractivity contribution in [2.24, 2.45) is 5.73 Å². The highest BCUT2D eigenvalue weighted by molar-refractivity contribution is 5.71. The van der Waals surface area contributed by atoms with Crippen molar-refractivity contribution in [2.45, 2.75) is 58.5 Å². The molecule has 0 aliphatic carbocycles. The van der Waals surface area contributed by atoms with Gasteiger partial charge in [-0.2, -0.15) is 0 Å². The van der Waals surface area contributed by atoms with Crippen molar-refractivity contribution in [3.05, 3.63) is 0 Å². The fourth-order valence-corrected chi connectivity index (χ4v) is 1.41. The summed E-state index contributed by atoms with van der Waals surface area (Å²) in [6, 6.07) is 0. The fraction of sp³-hybridized carbons (Fsp3) is 0.923. The van der Waals surface area contributed by atoms with E-state index in [4.69, 9.17) is 15.2 Å². The van der Waals surface area contributed by atoms with Crippen LogP contribution in [-0.2, 0) is 14.3 Å². The number of unbranched alkanes of at least 4 members (excludes halogenated alkanes) is 4. The summed E-state index contributed by atoms with van der Waals surface area (Å²) in [4.78, 5) is 11.3. The third-order valence-corrected chi connectivity index (χ3v) is 2.13. The van der Waals surface area contributed by atoms with E-state index in [0.717, 1.165) is 25.8 Å². The Balaban J connectivity index is 3.25. The van der Waals surface area contributed by atoms with Crippen LogP contribution in [-0.4, -0.2) is 31.3 Å². The number of nitrogens with two attached hydrogens (primary N) is 1. The average molecular weight is 245 g/mol. The van der Waals surface area contributed by atoms with Crippen LogP contribution in [0.5, 0.6) is 0 Å². The predicted octanol–water partition coefficient (Wildman–Crippen LogP) is 2.25. The molecule has 0 aromatic rings. The topological polar surface area (TPSA) is 61.5 Å². The molecule has 4 heteroatoms. The zero-order valence-corrected chi connectivity index (χ0v) is 11.5. The van der Waals surface area contributed by atoms with E-state index in [0.29, 0.717) is 6.61 Å². The Hall–Kier alpha value is -0.610. The van der Waals surface area contributed by atoms with Crippen molar-refractivity contribution in [3.63, 3.8) is 0 Å². The van der Waals surface area contributed by atoms with E-state index in [-0.39, 0.29) is 12.6 Å². The molecule has 0 heterocycles. The third-order valence-electron chi connectivity index (χ3n) is 2.13. The Bertz CT molecular complexity index is 199. The van der Waals surface area contributed by atoms with E-state index < -0.39 is 5.60 Å². The Morgan fingerprint density at radius 1 is 1.06 bits per heavy atom. The van der Waals surface area contributed by atoms with Gasteiger partial charge in [-0.25, -0.2) is 4.79 Å². The van der Waals surface area contributed by atoms with Crippen LogP contribution >= 0.6 is 0 Å². The molecule has 0 aliphatic heterocycles. The minimum Gasteiger partial charge on any atom is -0.458 e. The molecule has 2 N–H and O–H groups in total. The number of rotatable bonds is 9. The summed E-state index contributed by atoms with van der Waals surface area (Å²) in [6.45, 7) is 7.00. The molecule has 0 atom stereocenters. The summed E-state index contributed by atoms with van der Waals surface area (Å²) >= 11 is 0. The molecule has 0 fully saturated rings. The lowest BCUT2D eigenvalue weighted by molar-refractivity contribution is -0.160. The molecule has 0 rings (SSSR count). The minimum absolute atomic E-state index is 0.0556. The van der Waals surface area contributed by atoms with Crippen LogP contribution in [0.15, 0.2) is 0 Å². The Labute approximate surface area is 105 Å². The van der Waals surface area contributed by atoms with E-state index in [1.807, 2.05) is 20.8 Å². The van der Waals surface area contributed by atoms with Crippen LogP contribution < -0.4 is 5.73 Å². The highest BCUT2D eigenvalue weighted by atomic mass is 16.6. The second-order valence-corrected chi connectivity index (χ2v) is 5.20. The SMILES string of the molecule is CC(C)(C)OC(=O)COCCCCCCCN. The first-order valence-electron chi connectivity index (χ1n) is 6.45. The summed E-state index contributed by atoms with van der Waals surface area (Å²) in [5.74, 6) is -0.291. The molecule has 0 aliphatic rings. The molecule has 0 saturated carbocycles. The zero-order chi connectivity index (χ0) is 13.1. The van der Waals surface area contributed by atoms with E-state index in [1.54, 1.807) is 0 Å². The summed E-state index contributed by atoms with van der Waals surface area (Å²) in [7, 11) is 0. The van der Waals surface area contributed by atoms with Gasteiger partial charge in [-0.1, -0.05) is 19.3 Å². The average Bonchev–Trinajstić information content (AvgIpc) is 2.19. The fourth-order valence-electron chi connectivity index (χ4n) is 1.41. The van der Waals surface area contributed by atoms with Crippen molar-refractivity contribution in [3.8, 4) is 0 Å². The highest BCUT2D eigenvalue weighted by Gasteiger charge is 2.15. The number of ether oxygens (including phenoxy) is 2. The second-order valence-electron chi connectivity index (χ2n) is 5.20. The summed E-state index contributed by atoms with van der Waals surface area (Å²) in [5.41, 5.74) is 4.97. The van der Waals surface area contributed by atoms with Crippen LogP contribution in [0.3, 0.4) is 0 Å². The Morgan fingerprint density at radius 2 is 1.65 bits per heavy atom. The number of carbonyl (C=O) groups is 1. The maximum Gasteiger partial charge on any atom is 0.332 e. The first kappa shape index (κ1) is 16.4. The summed E-state index contributed by atoms with van der Waals surface area (Å²) in [6.07, 6.45) is 5.59. The molecule has 0 aromatic carbocycles. The lowest BCUT2D eigenvalue weighted by Gasteiger charge is -2.19. The molecular formula is C13H27NO3. The lowest BCUT2D eigenvalue weighted by atomic mass is 10.1. The Morgan fingerprint density at radius 3 is 2.24 bits per heavy atom. The van der Waals surface area contributed by atoms with Gasteiger partial charge in [0, 0.05) is 6.61 Å². The van der Waals surface area contributed by atoms with Crippen molar-refractivity contribution >= 4 is 5.97 Å². The Kier molecular flexibility index (Phi) is 9.09. The van der Waals surface area contributed by atoms with Gasteiger partial charge in [0.05, 0.1) is 0 Å². The third kappa shape index (κ3) is 13.3. The molecule has 4 nitrogen and oxygen atoms in total. The van der Waals surface area contributed by atoms with Gasteiger partial charge in [-0.15, -0.1) is 0 Å². The van der Waals surface area contributed by atoms with Crippen molar-refractivity contribution in [1.29, 1.82) is 0 Å². The second kappa shape index (κ2) is 9.42. The van der Waals surface area contributed by atoms with Gasteiger partial charge in [0.2, 0.25) is 0 Å². The maximum absolute atomic E-state index is 11.3. The van der Waals surface area contributed by atoms with Crippen molar-refractivity contribution in [1.82, 2.24) is 0 Å². The molecule has 0 aromatic heterocycles. The van der Waals surface area contributed by atoms with Gasteiger partial charge < -0.3 is 15.2 Å². The van der Waals surface area contributed by atoms with Crippen LogP contribution in [0.4, 0.5) is 0 Å². The molecule has 17 heavy (non-hydrogen) atoms.